The summed E-state index contributed by atoms with van der Waals surface area (Å²) in [6, 6.07) is 0. The fraction of sp³-hybridized carbons (Fsp3) is 0.963. The van der Waals surface area contributed by atoms with Crippen molar-refractivity contribution in [3.8, 4) is 0 Å². The molecule has 4 fully saturated rings. The number of hydrogen-bond donors (Lipinski definition) is 5. The maximum absolute atomic E-state index is 12.2. The van der Waals surface area contributed by atoms with E-state index in [0.29, 0.717) is 41.9 Å². The predicted octanol–water partition coefficient (Wildman–Crippen LogP) is 4.28. The van der Waals surface area contributed by atoms with Crippen LogP contribution in [0.2, 0.25) is 0 Å². The Labute approximate surface area is 211 Å². The maximum atomic E-state index is 12.2. The highest BCUT2D eigenvalue weighted by molar-refractivity contribution is 7.51. The van der Waals surface area contributed by atoms with Crippen molar-refractivity contribution in [2.75, 3.05) is 6.29 Å². The fourth-order valence-corrected chi connectivity index (χ4v) is 10.2. The fourth-order valence-electron chi connectivity index (χ4n) is 9.77. The number of amides is 1. The van der Waals surface area contributed by atoms with Crippen LogP contribution in [0.1, 0.15) is 91.9 Å². The summed E-state index contributed by atoms with van der Waals surface area (Å²) in [7, 11) is -4.23. The second kappa shape index (κ2) is 10.0. The van der Waals surface area contributed by atoms with Gasteiger partial charge in [-0.05, 0) is 104 Å². The summed E-state index contributed by atoms with van der Waals surface area (Å²) in [6.45, 7) is 9.33. The third-order valence-corrected chi connectivity index (χ3v) is 12.0. The molecule has 7 nitrogen and oxygen atoms in total. The van der Waals surface area contributed by atoms with Crippen molar-refractivity contribution in [2.45, 2.75) is 104 Å². The SMILES string of the molecule is CC[C@H]1[C@@H](O)C2C3CCC(C(C)CCC(=O)NCP(=O)(O)O)[C@@]3(C)CCC2[C@@]2(C)CC[C@@H](O)C[C@@H]12. The summed E-state index contributed by atoms with van der Waals surface area (Å²) in [5, 5.41) is 24.6. The topological polar surface area (TPSA) is 127 Å². The van der Waals surface area contributed by atoms with E-state index in [9.17, 15) is 19.6 Å². The van der Waals surface area contributed by atoms with Crippen LogP contribution in [0.15, 0.2) is 0 Å². The molecule has 35 heavy (non-hydrogen) atoms. The van der Waals surface area contributed by atoms with Gasteiger partial charge < -0.3 is 25.3 Å². The number of carbonyl (C=O) groups is 1. The zero-order valence-corrected chi connectivity index (χ0v) is 22.9. The lowest BCUT2D eigenvalue weighted by molar-refractivity contribution is -0.203. The first-order valence-electron chi connectivity index (χ1n) is 14.0. The number of aliphatic hydroxyl groups excluding tert-OH is 2. The molecule has 4 aliphatic rings. The summed E-state index contributed by atoms with van der Waals surface area (Å²) in [4.78, 5) is 30.2. The molecule has 0 radical (unpaired) electrons. The molecular weight excluding hydrogens is 465 g/mol. The normalized spacial score (nSPS) is 46.3. The smallest absolute Gasteiger partial charge is 0.344 e. The Hall–Kier alpha value is -0.460. The van der Waals surface area contributed by atoms with Gasteiger partial charge >= 0.3 is 7.60 Å². The molecule has 202 valence electrons. The molecule has 5 N–H and O–H groups in total. The molecule has 0 heterocycles. The molecular formula is C27H48NO6P. The van der Waals surface area contributed by atoms with Gasteiger partial charge in [-0.15, -0.1) is 0 Å². The summed E-state index contributed by atoms with van der Waals surface area (Å²) in [5.74, 6) is 2.53. The van der Waals surface area contributed by atoms with Crippen LogP contribution < -0.4 is 5.32 Å². The Morgan fingerprint density at radius 1 is 1.03 bits per heavy atom. The molecule has 0 aromatic heterocycles. The minimum absolute atomic E-state index is 0.152. The number of aliphatic hydroxyl groups is 2. The van der Waals surface area contributed by atoms with E-state index in [0.717, 1.165) is 51.4 Å². The van der Waals surface area contributed by atoms with Gasteiger partial charge in [0.2, 0.25) is 5.91 Å². The number of nitrogens with one attached hydrogen (secondary N) is 1. The van der Waals surface area contributed by atoms with Gasteiger partial charge in [-0.25, -0.2) is 0 Å². The van der Waals surface area contributed by atoms with E-state index in [1.165, 1.54) is 0 Å². The first-order chi connectivity index (χ1) is 16.3. The third-order valence-electron chi connectivity index (χ3n) is 11.5. The lowest BCUT2D eigenvalue weighted by atomic mass is 9.41. The van der Waals surface area contributed by atoms with Gasteiger partial charge in [0.1, 0.15) is 6.29 Å². The number of rotatable bonds is 7. The summed E-state index contributed by atoms with van der Waals surface area (Å²) < 4.78 is 11.0. The molecule has 1 amide bonds. The van der Waals surface area contributed by atoms with Gasteiger partial charge in [-0.2, -0.15) is 0 Å². The summed E-state index contributed by atoms with van der Waals surface area (Å²) >= 11 is 0. The number of hydrogen-bond acceptors (Lipinski definition) is 4. The lowest BCUT2D eigenvalue weighted by Crippen LogP contribution is -2.62. The minimum atomic E-state index is -4.23. The molecule has 11 atom stereocenters. The first-order valence-corrected chi connectivity index (χ1v) is 15.8. The van der Waals surface area contributed by atoms with E-state index < -0.39 is 13.9 Å². The Morgan fingerprint density at radius 3 is 2.34 bits per heavy atom. The lowest BCUT2D eigenvalue weighted by Gasteiger charge is -2.64. The van der Waals surface area contributed by atoms with Crippen LogP contribution in [0.5, 0.6) is 0 Å². The second-order valence-corrected chi connectivity index (χ2v) is 14.7. The van der Waals surface area contributed by atoms with Crippen LogP contribution in [0, 0.1) is 52.3 Å². The standard InChI is InChI=1S/C27H48NO6P/c1-5-18-22-14-17(29)10-12-27(22,4)21-11-13-26(3)19(7-8-20(26)24(21)25(18)31)16(2)6-9-23(30)28-15-35(32,33)34/h16-22,24-25,29,31H,5-15H2,1-4H3,(H,28,30)(H2,32,33,34)/t16?,17-,18-,19?,20?,21?,22+,24?,25-,26-,27-/m1/s1. The van der Waals surface area contributed by atoms with Crippen molar-refractivity contribution < 1.29 is 29.4 Å². The zero-order chi connectivity index (χ0) is 25.8. The molecule has 0 bridgehead atoms. The molecule has 0 spiro atoms. The van der Waals surface area contributed by atoms with E-state index >= 15 is 0 Å². The molecule has 4 saturated carbocycles. The third kappa shape index (κ3) is 5.02. The minimum Gasteiger partial charge on any atom is -0.393 e. The molecule has 0 aliphatic heterocycles. The zero-order valence-electron chi connectivity index (χ0n) is 22.0. The Kier molecular flexibility index (Phi) is 7.89. The van der Waals surface area contributed by atoms with Gasteiger partial charge in [-0.3, -0.25) is 9.36 Å². The quantitative estimate of drug-likeness (QED) is 0.324. The van der Waals surface area contributed by atoms with E-state index in [-0.39, 0.29) is 41.3 Å². The van der Waals surface area contributed by atoms with Crippen molar-refractivity contribution in [3.05, 3.63) is 0 Å². The van der Waals surface area contributed by atoms with Crippen LogP contribution in [-0.2, 0) is 9.36 Å². The average molecular weight is 514 g/mol. The van der Waals surface area contributed by atoms with Crippen LogP contribution in [0.25, 0.3) is 0 Å². The molecule has 0 aromatic carbocycles. The van der Waals surface area contributed by atoms with Gasteiger partial charge in [0.15, 0.2) is 0 Å². The van der Waals surface area contributed by atoms with Gasteiger partial charge in [0.05, 0.1) is 12.2 Å². The predicted molar refractivity (Wildman–Crippen MR) is 135 cm³/mol. The number of fused-ring (bicyclic) bond motifs is 5. The summed E-state index contributed by atoms with van der Waals surface area (Å²) in [6.07, 6.45) is 8.17. The van der Waals surface area contributed by atoms with E-state index in [1.54, 1.807) is 0 Å². The maximum Gasteiger partial charge on any atom is 0.344 e. The van der Waals surface area contributed by atoms with Crippen molar-refractivity contribution >= 4 is 13.5 Å². The Bertz CT molecular complexity index is 832. The van der Waals surface area contributed by atoms with Crippen molar-refractivity contribution in [3.63, 3.8) is 0 Å². The highest BCUT2D eigenvalue weighted by atomic mass is 31.2. The molecule has 0 saturated heterocycles. The molecule has 4 aliphatic carbocycles. The highest BCUT2D eigenvalue weighted by Gasteiger charge is 2.64. The Balaban J connectivity index is 1.48. The van der Waals surface area contributed by atoms with Crippen LogP contribution in [0.4, 0.5) is 0 Å². The molecule has 5 unspecified atom stereocenters. The van der Waals surface area contributed by atoms with Gasteiger partial charge in [0, 0.05) is 6.42 Å². The summed E-state index contributed by atoms with van der Waals surface area (Å²) in [5.41, 5.74) is 0.353. The van der Waals surface area contributed by atoms with Crippen LogP contribution in [0.3, 0.4) is 0 Å². The Morgan fingerprint density at radius 2 is 1.69 bits per heavy atom. The molecule has 4 rings (SSSR count). The van der Waals surface area contributed by atoms with Crippen molar-refractivity contribution in [2.24, 2.45) is 52.3 Å². The van der Waals surface area contributed by atoms with E-state index in [2.05, 4.69) is 33.0 Å². The van der Waals surface area contributed by atoms with Crippen LogP contribution in [-0.4, -0.2) is 44.4 Å². The second-order valence-electron chi connectivity index (χ2n) is 13.1. The van der Waals surface area contributed by atoms with Crippen LogP contribution >= 0.6 is 7.60 Å². The van der Waals surface area contributed by atoms with E-state index in [4.69, 9.17) is 9.79 Å². The van der Waals surface area contributed by atoms with Crippen molar-refractivity contribution in [1.82, 2.24) is 5.32 Å². The highest BCUT2D eigenvalue weighted by Crippen LogP contribution is 2.69. The monoisotopic (exact) mass is 513 g/mol. The molecule has 8 heteroatoms. The molecule has 0 aromatic rings. The largest absolute Gasteiger partial charge is 0.393 e. The first kappa shape index (κ1) is 27.6. The van der Waals surface area contributed by atoms with Crippen molar-refractivity contribution in [1.29, 1.82) is 0 Å². The average Bonchev–Trinajstić information content (AvgIpc) is 3.14. The van der Waals surface area contributed by atoms with Gasteiger partial charge in [-0.1, -0.05) is 34.1 Å². The van der Waals surface area contributed by atoms with E-state index in [1.807, 2.05) is 0 Å². The van der Waals surface area contributed by atoms with Gasteiger partial charge in [0.25, 0.3) is 0 Å². The number of carbonyl (C=O) groups excluding carboxylic acids is 1.